The third-order valence-corrected chi connectivity index (χ3v) is 5.30. The Morgan fingerprint density at radius 2 is 2.07 bits per heavy atom. The largest absolute Gasteiger partial charge is 0.404 e. The summed E-state index contributed by atoms with van der Waals surface area (Å²) in [6.45, 7) is 1.53. The Bertz CT molecular complexity index is 1090. The molecule has 3 heterocycles. The number of nitrogens with one attached hydrogen (secondary N) is 1. The number of fused-ring (bicyclic) bond motifs is 1. The third kappa shape index (κ3) is 3.40. The summed E-state index contributed by atoms with van der Waals surface area (Å²) in [6, 6.07) is 15.4. The standard InChI is InChI=1S/C22H23N5O2/c1-26-19(11-16-7-8-18(25-21(16)26)17(12-23)13-24)22(28)27-9-10-29-14-20(27)15-5-3-2-4-6-15/h2-8,11-13,20,23H,9-10,14,24H2,1H3/b17-13+,23-12?. The van der Waals surface area contributed by atoms with Crippen LogP contribution in [0.3, 0.4) is 0 Å². The van der Waals surface area contributed by atoms with Gasteiger partial charge >= 0.3 is 0 Å². The van der Waals surface area contributed by atoms with Gasteiger partial charge in [0.25, 0.3) is 5.91 Å². The second-order valence-electron chi connectivity index (χ2n) is 6.96. The van der Waals surface area contributed by atoms with Crippen molar-refractivity contribution in [2.45, 2.75) is 6.04 Å². The normalized spacial score (nSPS) is 17.5. The predicted molar refractivity (Wildman–Crippen MR) is 113 cm³/mol. The maximum Gasteiger partial charge on any atom is 0.271 e. The van der Waals surface area contributed by atoms with Gasteiger partial charge in [0, 0.05) is 37.0 Å². The Morgan fingerprint density at radius 3 is 2.79 bits per heavy atom. The van der Waals surface area contributed by atoms with E-state index >= 15 is 0 Å². The monoisotopic (exact) mass is 389 g/mol. The SMILES string of the molecule is Cn1c(C(=O)N2CCOCC2c2ccccc2)cc2ccc(/C(C=N)=C/N)nc21. The van der Waals surface area contributed by atoms with Gasteiger partial charge in [-0.05, 0) is 23.8 Å². The number of carbonyl (C=O) groups excluding carboxylic acids is 1. The minimum absolute atomic E-state index is 0.0501. The number of pyridine rings is 1. The lowest BCUT2D eigenvalue weighted by Crippen LogP contribution is -2.43. The molecule has 29 heavy (non-hydrogen) atoms. The van der Waals surface area contributed by atoms with Crippen molar-refractivity contribution in [3.63, 3.8) is 0 Å². The van der Waals surface area contributed by atoms with E-state index in [0.29, 0.717) is 42.4 Å². The van der Waals surface area contributed by atoms with E-state index in [1.165, 1.54) is 12.4 Å². The molecule has 1 fully saturated rings. The summed E-state index contributed by atoms with van der Waals surface area (Å²) in [7, 11) is 1.83. The first kappa shape index (κ1) is 18.9. The van der Waals surface area contributed by atoms with Gasteiger partial charge in [0.15, 0.2) is 0 Å². The number of rotatable bonds is 4. The minimum Gasteiger partial charge on any atom is -0.404 e. The van der Waals surface area contributed by atoms with Crippen molar-refractivity contribution in [2.75, 3.05) is 19.8 Å². The van der Waals surface area contributed by atoms with Crippen LogP contribution in [0.1, 0.15) is 27.8 Å². The Hall–Kier alpha value is -3.45. The Kier molecular flexibility index (Phi) is 5.14. The fourth-order valence-electron chi connectivity index (χ4n) is 3.72. The van der Waals surface area contributed by atoms with Gasteiger partial charge < -0.3 is 25.3 Å². The molecule has 7 heteroatoms. The van der Waals surface area contributed by atoms with E-state index < -0.39 is 0 Å². The second kappa shape index (κ2) is 7.89. The molecule has 0 bridgehead atoms. The predicted octanol–water partition coefficient (Wildman–Crippen LogP) is 2.74. The molecule has 0 spiro atoms. The Labute approximate surface area is 168 Å². The molecule has 0 aliphatic carbocycles. The van der Waals surface area contributed by atoms with Crippen molar-refractivity contribution in [1.29, 1.82) is 5.41 Å². The van der Waals surface area contributed by atoms with E-state index in [4.69, 9.17) is 15.9 Å². The average molecular weight is 389 g/mol. The number of aromatic nitrogens is 2. The van der Waals surface area contributed by atoms with E-state index in [9.17, 15) is 4.79 Å². The van der Waals surface area contributed by atoms with Gasteiger partial charge in [-0.25, -0.2) is 4.98 Å². The molecule has 1 aliphatic rings. The molecule has 1 unspecified atom stereocenters. The lowest BCUT2D eigenvalue weighted by molar-refractivity contribution is -0.00317. The van der Waals surface area contributed by atoms with E-state index in [0.717, 1.165) is 10.9 Å². The number of hydrogen-bond donors (Lipinski definition) is 2. The molecule has 1 aromatic carbocycles. The molecule has 7 nitrogen and oxygen atoms in total. The Balaban J connectivity index is 1.72. The van der Waals surface area contributed by atoms with Crippen LogP contribution in [0.2, 0.25) is 0 Å². The smallest absolute Gasteiger partial charge is 0.271 e. The fourth-order valence-corrected chi connectivity index (χ4v) is 3.72. The Morgan fingerprint density at radius 1 is 1.28 bits per heavy atom. The van der Waals surface area contributed by atoms with Crippen LogP contribution in [0.15, 0.2) is 54.7 Å². The lowest BCUT2D eigenvalue weighted by Gasteiger charge is -2.36. The number of nitrogens with zero attached hydrogens (tertiary/aromatic N) is 3. The zero-order valence-corrected chi connectivity index (χ0v) is 16.2. The molecular weight excluding hydrogens is 366 g/mol. The van der Waals surface area contributed by atoms with Crippen molar-refractivity contribution in [2.24, 2.45) is 12.8 Å². The fraction of sp³-hybridized carbons (Fsp3) is 0.227. The van der Waals surface area contributed by atoms with Crippen LogP contribution in [0.25, 0.3) is 16.6 Å². The quantitative estimate of drug-likeness (QED) is 0.671. The molecule has 4 rings (SSSR count). The first-order valence-electron chi connectivity index (χ1n) is 9.47. The number of benzene rings is 1. The summed E-state index contributed by atoms with van der Waals surface area (Å²) in [5, 5.41) is 8.34. The first-order valence-corrected chi connectivity index (χ1v) is 9.47. The van der Waals surface area contributed by atoms with Crippen molar-refractivity contribution in [3.05, 3.63) is 71.7 Å². The number of aryl methyl sites for hydroxylation is 1. The van der Waals surface area contributed by atoms with Crippen LogP contribution in [0, 0.1) is 5.41 Å². The minimum atomic E-state index is -0.122. The van der Waals surface area contributed by atoms with Gasteiger partial charge in [0.05, 0.1) is 24.9 Å². The number of amides is 1. The van der Waals surface area contributed by atoms with E-state index in [1.54, 1.807) is 4.57 Å². The van der Waals surface area contributed by atoms with Gasteiger partial charge in [-0.1, -0.05) is 30.3 Å². The van der Waals surface area contributed by atoms with Gasteiger partial charge in [-0.2, -0.15) is 0 Å². The highest BCUT2D eigenvalue weighted by Gasteiger charge is 2.31. The average Bonchev–Trinajstić information content (AvgIpc) is 3.11. The maximum absolute atomic E-state index is 13.5. The van der Waals surface area contributed by atoms with Crippen molar-refractivity contribution < 1.29 is 9.53 Å². The van der Waals surface area contributed by atoms with Gasteiger partial charge in [-0.3, -0.25) is 4.79 Å². The molecule has 1 saturated heterocycles. The molecule has 0 radical (unpaired) electrons. The number of morpholine rings is 1. The van der Waals surface area contributed by atoms with Gasteiger partial charge in [0.1, 0.15) is 11.3 Å². The van der Waals surface area contributed by atoms with E-state index in [-0.39, 0.29) is 11.9 Å². The summed E-state index contributed by atoms with van der Waals surface area (Å²) in [6.07, 6.45) is 2.52. The molecule has 1 atom stereocenters. The maximum atomic E-state index is 13.5. The number of ether oxygens (including phenoxy) is 1. The summed E-state index contributed by atoms with van der Waals surface area (Å²) in [5.41, 5.74) is 9.02. The van der Waals surface area contributed by atoms with E-state index in [1.807, 2.05) is 60.5 Å². The van der Waals surface area contributed by atoms with Crippen LogP contribution >= 0.6 is 0 Å². The molecule has 0 saturated carbocycles. The summed E-state index contributed by atoms with van der Waals surface area (Å²) >= 11 is 0. The van der Waals surface area contributed by atoms with Crippen LogP contribution in [0.5, 0.6) is 0 Å². The highest BCUT2D eigenvalue weighted by molar-refractivity contribution is 6.08. The summed E-state index contributed by atoms with van der Waals surface area (Å²) in [4.78, 5) is 19.9. The molecular formula is C22H23N5O2. The second-order valence-corrected chi connectivity index (χ2v) is 6.96. The van der Waals surface area contributed by atoms with Crippen molar-refractivity contribution >= 4 is 28.7 Å². The number of carbonyl (C=O) groups is 1. The number of nitrogens with two attached hydrogens (primary N) is 1. The lowest BCUT2D eigenvalue weighted by atomic mass is 10.0. The van der Waals surface area contributed by atoms with Gasteiger partial charge in [-0.15, -0.1) is 0 Å². The van der Waals surface area contributed by atoms with Gasteiger partial charge in [0.2, 0.25) is 0 Å². The molecule has 1 amide bonds. The zero-order valence-electron chi connectivity index (χ0n) is 16.2. The summed E-state index contributed by atoms with van der Waals surface area (Å²) < 4.78 is 7.46. The first-order chi connectivity index (χ1) is 14.1. The van der Waals surface area contributed by atoms with Crippen molar-refractivity contribution in [3.8, 4) is 0 Å². The summed E-state index contributed by atoms with van der Waals surface area (Å²) in [5.74, 6) is -0.0501. The third-order valence-electron chi connectivity index (χ3n) is 5.30. The number of allylic oxidation sites excluding steroid dienone is 1. The van der Waals surface area contributed by atoms with Crippen LogP contribution in [-0.2, 0) is 11.8 Å². The molecule has 3 N–H and O–H groups in total. The van der Waals surface area contributed by atoms with Crippen LogP contribution in [0.4, 0.5) is 0 Å². The topological polar surface area (TPSA) is 97.2 Å². The molecule has 2 aromatic heterocycles. The van der Waals surface area contributed by atoms with Crippen LogP contribution in [-0.4, -0.2) is 46.3 Å². The highest BCUT2D eigenvalue weighted by Crippen LogP contribution is 2.28. The van der Waals surface area contributed by atoms with Crippen LogP contribution < -0.4 is 5.73 Å². The zero-order chi connectivity index (χ0) is 20.4. The number of hydrogen-bond acceptors (Lipinski definition) is 5. The van der Waals surface area contributed by atoms with E-state index in [2.05, 4.69) is 4.98 Å². The molecule has 1 aliphatic heterocycles. The molecule has 148 valence electrons. The molecule has 3 aromatic rings. The highest BCUT2D eigenvalue weighted by atomic mass is 16.5. The van der Waals surface area contributed by atoms with Crippen molar-refractivity contribution in [1.82, 2.24) is 14.5 Å².